The van der Waals surface area contributed by atoms with Gasteiger partial charge in [0, 0.05) is 32.1 Å². The Hall–Kier alpha value is -1.88. The minimum absolute atomic E-state index is 0.303. The Morgan fingerprint density at radius 2 is 1.95 bits per heavy atom. The molecule has 1 amide bonds. The molecule has 0 saturated carbocycles. The SMILES string of the molecule is O=C(O)c1ccc(CN2CCCC(N3CCCC3=O)C2)cc1. The zero-order valence-corrected chi connectivity index (χ0v) is 12.7. The van der Waals surface area contributed by atoms with Crippen LogP contribution >= 0.6 is 0 Å². The van der Waals surface area contributed by atoms with Crippen LogP contribution in [0.15, 0.2) is 24.3 Å². The van der Waals surface area contributed by atoms with Crippen molar-refractivity contribution in [1.82, 2.24) is 9.80 Å². The Morgan fingerprint density at radius 1 is 1.18 bits per heavy atom. The second kappa shape index (κ2) is 6.48. The number of likely N-dealkylation sites (tertiary alicyclic amines) is 2. The molecule has 0 aliphatic carbocycles. The average Bonchev–Trinajstić information content (AvgIpc) is 2.94. The molecule has 2 heterocycles. The zero-order valence-electron chi connectivity index (χ0n) is 12.7. The highest BCUT2D eigenvalue weighted by molar-refractivity contribution is 5.87. The van der Waals surface area contributed by atoms with Gasteiger partial charge in [0.15, 0.2) is 0 Å². The summed E-state index contributed by atoms with van der Waals surface area (Å²) in [5, 5.41) is 8.93. The van der Waals surface area contributed by atoms with Gasteiger partial charge in [0.1, 0.15) is 0 Å². The summed E-state index contributed by atoms with van der Waals surface area (Å²) in [4.78, 5) is 27.2. The smallest absolute Gasteiger partial charge is 0.335 e. The van der Waals surface area contributed by atoms with E-state index in [-0.39, 0.29) is 0 Å². The molecular formula is C17H22N2O3. The fraction of sp³-hybridized carbons (Fsp3) is 0.529. The lowest BCUT2D eigenvalue weighted by molar-refractivity contribution is -0.130. The predicted molar refractivity (Wildman–Crippen MR) is 82.6 cm³/mol. The van der Waals surface area contributed by atoms with Crippen molar-refractivity contribution in [3.63, 3.8) is 0 Å². The van der Waals surface area contributed by atoms with Crippen LogP contribution in [-0.4, -0.2) is 52.5 Å². The zero-order chi connectivity index (χ0) is 15.5. The third-order valence-corrected chi connectivity index (χ3v) is 4.64. The number of hydrogen-bond donors (Lipinski definition) is 1. The number of hydrogen-bond acceptors (Lipinski definition) is 3. The molecule has 0 bridgehead atoms. The number of amides is 1. The number of rotatable bonds is 4. The Morgan fingerprint density at radius 3 is 2.59 bits per heavy atom. The van der Waals surface area contributed by atoms with Gasteiger partial charge in [-0.05, 0) is 43.5 Å². The molecule has 2 aliphatic rings. The van der Waals surface area contributed by atoms with Crippen LogP contribution in [0.4, 0.5) is 0 Å². The first-order valence-corrected chi connectivity index (χ1v) is 7.97. The Labute approximate surface area is 130 Å². The number of piperidine rings is 1. The quantitative estimate of drug-likeness (QED) is 0.924. The highest BCUT2D eigenvalue weighted by Crippen LogP contribution is 2.22. The van der Waals surface area contributed by atoms with Gasteiger partial charge >= 0.3 is 5.97 Å². The van der Waals surface area contributed by atoms with Crippen molar-refractivity contribution in [1.29, 1.82) is 0 Å². The van der Waals surface area contributed by atoms with Crippen molar-refractivity contribution < 1.29 is 14.7 Å². The second-order valence-electron chi connectivity index (χ2n) is 6.22. The summed E-state index contributed by atoms with van der Waals surface area (Å²) in [7, 11) is 0. The summed E-state index contributed by atoms with van der Waals surface area (Å²) in [6.07, 6.45) is 3.90. The molecule has 5 nitrogen and oxygen atoms in total. The highest BCUT2D eigenvalue weighted by atomic mass is 16.4. The maximum Gasteiger partial charge on any atom is 0.335 e. The van der Waals surface area contributed by atoms with Crippen LogP contribution in [0.3, 0.4) is 0 Å². The fourth-order valence-corrected chi connectivity index (χ4v) is 3.50. The average molecular weight is 302 g/mol. The lowest BCUT2D eigenvalue weighted by Gasteiger charge is -2.37. The van der Waals surface area contributed by atoms with Crippen LogP contribution in [0.2, 0.25) is 0 Å². The Kier molecular flexibility index (Phi) is 4.43. The standard InChI is InChI=1S/C17H22N2O3/c20-16-4-2-10-19(16)15-3-1-9-18(12-15)11-13-5-7-14(8-6-13)17(21)22/h5-8,15H,1-4,9-12H2,(H,21,22). The van der Waals surface area contributed by atoms with Gasteiger partial charge in [0.05, 0.1) is 5.56 Å². The van der Waals surface area contributed by atoms with Crippen molar-refractivity contribution in [2.24, 2.45) is 0 Å². The van der Waals surface area contributed by atoms with E-state index in [1.807, 2.05) is 12.1 Å². The number of aromatic carboxylic acids is 1. The number of carbonyl (C=O) groups is 2. The maximum absolute atomic E-state index is 11.9. The molecule has 0 spiro atoms. The Balaban J connectivity index is 1.60. The van der Waals surface area contributed by atoms with E-state index in [9.17, 15) is 9.59 Å². The molecule has 0 radical (unpaired) electrons. The molecule has 2 saturated heterocycles. The molecule has 1 unspecified atom stereocenters. The van der Waals surface area contributed by atoms with Gasteiger partial charge in [-0.2, -0.15) is 0 Å². The van der Waals surface area contributed by atoms with Gasteiger partial charge < -0.3 is 10.0 Å². The summed E-state index contributed by atoms with van der Waals surface area (Å²) in [6.45, 7) is 3.69. The monoisotopic (exact) mass is 302 g/mol. The second-order valence-corrected chi connectivity index (χ2v) is 6.22. The highest BCUT2D eigenvalue weighted by Gasteiger charge is 2.31. The van der Waals surface area contributed by atoms with Crippen LogP contribution in [0.25, 0.3) is 0 Å². The molecule has 2 aliphatic heterocycles. The number of carboxylic acid groups (broad SMARTS) is 1. The number of nitrogens with zero attached hydrogens (tertiary/aromatic N) is 2. The summed E-state index contributed by atoms with van der Waals surface area (Å²) >= 11 is 0. The van der Waals surface area contributed by atoms with Crippen molar-refractivity contribution in [3.8, 4) is 0 Å². The first kappa shape index (κ1) is 15.0. The third kappa shape index (κ3) is 3.30. The molecule has 118 valence electrons. The summed E-state index contributed by atoms with van der Waals surface area (Å²) in [5.74, 6) is -0.588. The van der Waals surface area contributed by atoms with Crippen LogP contribution < -0.4 is 0 Å². The molecule has 1 aromatic rings. The van der Waals surface area contributed by atoms with E-state index in [4.69, 9.17) is 5.11 Å². The molecular weight excluding hydrogens is 280 g/mol. The van der Waals surface area contributed by atoms with E-state index in [2.05, 4.69) is 9.80 Å². The van der Waals surface area contributed by atoms with Crippen molar-refractivity contribution in [2.75, 3.05) is 19.6 Å². The number of benzene rings is 1. The molecule has 1 N–H and O–H groups in total. The van der Waals surface area contributed by atoms with Crippen LogP contribution in [0, 0.1) is 0 Å². The van der Waals surface area contributed by atoms with E-state index in [0.29, 0.717) is 23.9 Å². The van der Waals surface area contributed by atoms with Gasteiger partial charge in [0.25, 0.3) is 0 Å². The molecule has 2 fully saturated rings. The van der Waals surface area contributed by atoms with E-state index < -0.39 is 5.97 Å². The predicted octanol–water partition coefficient (Wildman–Crippen LogP) is 1.97. The van der Waals surface area contributed by atoms with E-state index in [0.717, 1.165) is 51.0 Å². The first-order chi connectivity index (χ1) is 10.6. The van der Waals surface area contributed by atoms with E-state index in [1.165, 1.54) is 0 Å². The van der Waals surface area contributed by atoms with Crippen molar-refractivity contribution >= 4 is 11.9 Å². The topological polar surface area (TPSA) is 60.9 Å². The van der Waals surface area contributed by atoms with Crippen molar-refractivity contribution in [2.45, 2.75) is 38.3 Å². The van der Waals surface area contributed by atoms with Crippen LogP contribution in [-0.2, 0) is 11.3 Å². The molecule has 22 heavy (non-hydrogen) atoms. The van der Waals surface area contributed by atoms with Gasteiger partial charge in [-0.3, -0.25) is 9.69 Å². The van der Waals surface area contributed by atoms with Gasteiger partial charge in [-0.15, -0.1) is 0 Å². The van der Waals surface area contributed by atoms with Gasteiger partial charge in [0.2, 0.25) is 5.91 Å². The van der Waals surface area contributed by atoms with Gasteiger partial charge in [-0.25, -0.2) is 4.79 Å². The largest absolute Gasteiger partial charge is 0.478 e. The number of carbonyl (C=O) groups excluding carboxylic acids is 1. The molecule has 5 heteroatoms. The summed E-state index contributed by atoms with van der Waals surface area (Å²) in [6, 6.07) is 7.43. The molecule has 1 aromatic carbocycles. The third-order valence-electron chi connectivity index (χ3n) is 4.64. The summed E-state index contributed by atoms with van der Waals surface area (Å²) in [5.41, 5.74) is 1.45. The normalized spacial score (nSPS) is 23.0. The Bertz CT molecular complexity index is 556. The molecule has 1 atom stereocenters. The summed E-state index contributed by atoms with van der Waals surface area (Å²) < 4.78 is 0. The maximum atomic E-state index is 11.9. The first-order valence-electron chi connectivity index (χ1n) is 7.97. The fourth-order valence-electron chi connectivity index (χ4n) is 3.50. The van der Waals surface area contributed by atoms with E-state index in [1.54, 1.807) is 12.1 Å². The lowest BCUT2D eigenvalue weighted by Crippen LogP contribution is -2.48. The van der Waals surface area contributed by atoms with Crippen LogP contribution in [0.5, 0.6) is 0 Å². The molecule has 0 aromatic heterocycles. The van der Waals surface area contributed by atoms with E-state index >= 15 is 0 Å². The van der Waals surface area contributed by atoms with Crippen LogP contribution in [0.1, 0.15) is 41.6 Å². The molecule has 3 rings (SSSR count). The van der Waals surface area contributed by atoms with Crippen molar-refractivity contribution in [3.05, 3.63) is 35.4 Å². The number of carboxylic acids is 1. The minimum Gasteiger partial charge on any atom is -0.478 e. The lowest BCUT2D eigenvalue weighted by atomic mass is 10.0. The van der Waals surface area contributed by atoms with Gasteiger partial charge in [-0.1, -0.05) is 12.1 Å². The minimum atomic E-state index is -0.892.